The van der Waals surface area contributed by atoms with Crippen LogP contribution in [-0.2, 0) is 4.79 Å². The first kappa shape index (κ1) is 15.1. The highest BCUT2D eigenvalue weighted by Gasteiger charge is 2.42. The first-order chi connectivity index (χ1) is 9.84. The van der Waals surface area contributed by atoms with Gasteiger partial charge in [0.2, 0.25) is 0 Å². The van der Waals surface area contributed by atoms with Gasteiger partial charge in [-0.15, -0.1) is 0 Å². The molecule has 114 valence electrons. The van der Waals surface area contributed by atoms with Gasteiger partial charge in [-0.05, 0) is 12.8 Å². The number of carboxylic acids is 1. The summed E-state index contributed by atoms with van der Waals surface area (Å²) in [5.74, 6) is -5.69. The fraction of sp³-hybridized carbons (Fsp3) is 0.385. The van der Waals surface area contributed by atoms with Gasteiger partial charge in [-0.2, -0.15) is 0 Å². The number of benzene rings is 1. The number of nitrogens with one attached hydrogen (secondary N) is 2. The third kappa shape index (κ3) is 3.09. The van der Waals surface area contributed by atoms with Gasteiger partial charge in [-0.25, -0.2) is 22.8 Å². The molecule has 1 aliphatic carbocycles. The predicted molar refractivity (Wildman–Crippen MR) is 67.3 cm³/mol. The standard InChI is InChI=1S/C13H13F3N2O3/c14-8-5-7(6-9(15)10(8)16)17-12(21)18-13(11(19)20)3-1-2-4-13/h5-6H,1-4H2,(H,19,20)(H2,17,18,21). The summed E-state index contributed by atoms with van der Waals surface area (Å²) in [6.45, 7) is 0. The van der Waals surface area contributed by atoms with E-state index in [0.29, 0.717) is 25.0 Å². The molecule has 0 bridgehead atoms. The van der Waals surface area contributed by atoms with Crippen LogP contribution in [0.5, 0.6) is 0 Å². The number of halogens is 3. The molecule has 0 heterocycles. The second-order valence-corrected chi connectivity index (χ2v) is 4.93. The topological polar surface area (TPSA) is 78.4 Å². The molecule has 0 spiro atoms. The minimum Gasteiger partial charge on any atom is -0.480 e. The third-order valence-corrected chi connectivity index (χ3v) is 3.46. The van der Waals surface area contributed by atoms with Crippen LogP contribution in [0.15, 0.2) is 12.1 Å². The van der Waals surface area contributed by atoms with Crippen molar-refractivity contribution >= 4 is 17.7 Å². The Labute approximate surface area is 118 Å². The molecule has 0 atom stereocenters. The van der Waals surface area contributed by atoms with Crippen molar-refractivity contribution in [1.29, 1.82) is 0 Å². The Bertz CT molecular complexity index is 563. The maximum atomic E-state index is 13.0. The lowest BCUT2D eigenvalue weighted by atomic mass is 9.98. The largest absolute Gasteiger partial charge is 0.480 e. The molecule has 1 saturated carbocycles. The molecule has 0 aliphatic heterocycles. The molecule has 5 nitrogen and oxygen atoms in total. The average molecular weight is 302 g/mol. The normalized spacial score (nSPS) is 16.5. The highest BCUT2D eigenvalue weighted by atomic mass is 19.2. The van der Waals surface area contributed by atoms with Gasteiger partial charge < -0.3 is 15.7 Å². The molecular weight excluding hydrogens is 289 g/mol. The summed E-state index contributed by atoms with van der Waals surface area (Å²) in [5.41, 5.74) is -1.68. The summed E-state index contributed by atoms with van der Waals surface area (Å²) in [6, 6.07) is 0.310. The number of aliphatic carboxylic acids is 1. The number of rotatable bonds is 3. The van der Waals surface area contributed by atoms with Gasteiger partial charge in [-0.3, -0.25) is 0 Å². The fourth-order valence-electron chi connectivity index (χ4n) is 2.38. The zero-order valence-electron chi connectivity index (χ0n) is 10.9. The maximum absolute atomic E-state index is 13.0. The van der Waals surface area contributed by atoms with Gasteiger partial charge in [0.05, 0.1) is 0 Å². The molecule has 1 aliphatic rings. The highest BCUT2D eigenvalue weighted by molar-refractivity contribution is 5.94. The van der Waals surface area contributed by atoms with E-state index in [9.17, 15) is 27.9 Å². The van der Waals surface area contributed by atoms with E-state index in [4.69, 9.17) is 0 Å². The second-order valence-electron chi connectivity index (χ2n) is 4.93. The molecule has 2 rings (SSSR count). The highest BCUT2D eigenvalue weighted by Crippen LogP contribution is 2.30. The first-order valence-electron chi connectivity index (χ1n) is 6.31. The lowest BCUT2D eigenvalue weighted by Crippen LogP contribution is -2.53. The minimum atomic E-state index is -1.64. The summed E-state index contributed by atoms with van der Waals surface area (Å²) in [4.78, 5) is 23.0. The van der Waals surface area contributed by atoms with Crippen molar-refractivity contribution in [3.63, 3.8) is 0 Å². The molecule has 0 aromatic heterocycles. The molecule has 8 heteroatoms. The smallest absolute Gasteiger partial charge is 0.329 e. The van der Waals surface area contributed by atoms with E-state index in [1.165, 1.54) is 0 Å². The lowest BCUT2D eigenvalue weighted by molar-refractivity contribution is -0.144. The molecule has 1 aromatic carbocycles. The monoisotopic (exact) mass is 302 g/mol. The molecule has 21 heavy (non-hydrogen) atoms. The van der Waals surface area contributed by atoms with E-state index in [2.05, 4.69) is 10.6 Å². The van der Waals surface area contributed by atoms with Crippen molar-refractivity contribution in [2.75, 3.05) is 5.32 Å². The Balaban J connectivity index is 2.10. The maximum Gasteiger partial charge on any atom is 0.329 e. The summed E-state index contributed by atoms with van der Waals surface area (Å²) in [7, 11) is 0. The van der Waals surface area contributed by atoms with Crippen LogP contribution < -0.4 is 10.6 Å². The third-order valence-electron chi connectivity index (χ3n) is 3.46. The van der Waals surface area contributed by atoms with Crippen LogP contribution in [0.3, 0.4) is 0 Å². The van der Waals surface area contributed by atoms with E-state index in [1.54, 1.807) is 0 Å². The number of hydrogen-bond donors (Lipinski definition) is 3. The van der Waals surface area contributed by atoms with E-state index in [0.717, 1.165) is 0 Å². The van der Waals surface area contributed by atoms with Gasteiger partial charge in [0.1, 0.15) is 5.54 Å². The minimum absolute atomic E-state index is 0.280. The molecule has 3 N–H and O–H groups in total. The first-order valence-corrected chi connectivity index (χ1v) is 6.31. The summed E-state index contributed by atoms with van der Waals surface area (Å²) >= 11 is 0. The summed E-state index contributed by atoms with van der Waals surface area (Å²) in [6.07, 6.45) is 1.88. The zero-order chi connectivity index (χ0) is 15.6. The summed E-state index contributed by atoms with van der Waals surface area (Å²) < 4.78 is 38.8. The number of carbonyl (C=O) groups is 2. The lowest BCUT2D eigenvalue weighted by Gasteiger charge is -2.25. The van der Waals surface area contributed by atoms with Gasteiger partial charge in [0.15, 0.2) is 17.5 Å². The molecule has 2 amide bonds. The molecule has 0 unspecified atom stereocenters. The Kier molecular flexibility index (Phi) is 4.06. The Morgan fingerprint density at radius 1 is 1.10 bits per heavy atom. The second kappa shape index (κ2) is 5.63. The van der Waals surface area contributed by atoms with Crippen molar-refractivity contribution in [2.24, 2.45) is 0 Å². The fourth-order valence-corrected chi connectivity index (χ4v) is 2.38. The van der Waals surface area contributed by atoms with Crippen LogP contribution >= 0.6 is 0 Å². The van der Waals surface area contributed by atoms with Crippen molar-refractivity contribution in [2.45, 2.75) is 31.2 Å². The zero-order valence-corrected chi connectivity index (χ0v) is 10.9. The van der Waals surface area contributed by atoms with Gasteiger partial charge in [-0.1, -0.05) is 12.8 Å². The molecule has 1 aromatic rings. The Morgan fingerprint density at radius 2 is 1.62 bits per heavy atom. The number of amides is 2. The number of carbonyl (C=O) groups excluding carboxylic acids is 1. The van der Waals surface area contributed by atoms with Crippen LogP contribution in [0.25, 0.3) is 0 Å². The van der Waals surface area contributed by atoms with Crippen LogP contribution in [0, 0.1) is 17.5 Å². The van der Waals surface area contributed by atoms with E-state index in [1.807, 2.05) is 0 Å². The molecule has 0 radical (unpaired) electrons. The molecule has 0 saturated heterocycles. The average Bonchev–Trinajstić information content (AvgIpc) is 2.85. The van der Waals surface area contributed by atoms with Crippen LogP contribution in [-0.4, -0.2) is 22.6 Å². The van der Waals surface area contributed by atoms with Crippen molar-refractivity contribution in [3.05, 3.63) is 29.6 Å². The molecular formula is C13H13F3N2O3. The van der Waals surface area contributed by atoms with Gasteiger partial charge >= 0.3 is 12.0 Å². The number of carboxylic acid groups (broad SMARTS) is 1. The number of hydrogen-bond acceptors (Lipinski definition) is 2. The van der Waals surface area contributed by atoms with Crippen molar-refractivity contribution in [3.8, 4) is 0 Å². The number of urea groups is 1. The Morgan fingerprint density at radius 3 is 2.10 bits per heavy atom. The predicted octanol–water partition coefficient (Wildman–Crippen LogP) is 2.62. The van der Waals surface area contributed by atoms with Crippen molar-refractivity contribution in [1.82, 2.24) is 5.32 Å². The van der Waals surface area contributed by atoms with E-state index in [-0.39, 0.29) is 18.5 Å². The SMILES string of the molecule is O=C(Nc1cc(F)c(F)c(F)c1)NC1(C(=O)O)CCCC1. The quantitative estimate of drug-likeness (QED) is 0.751. The number of anilines is 1. The van der Waals surface area contributed by atoms with E-state index < -0.39 is 35.0 Å². The Hall–Kier alpha value is -2.25. The van der Waals surface area contributed by atoms with Crippen molar-refractivity contribution < 1.29 is 27.9 Å². The van der Waals surface area contributed by atoms with Gasteiger partial charge in [0.25, 0.3) is 0 Å². The summed E-state index contributed by atoms with van der Waals surface area (Å²) in [5, 5.41) is 13.6. The molecule has 1 fully saturated rings. The van der Waals surface area contributed by atoms with Crippen LogP contribution in [0.1, 0.15) is 25.7 Å². The van der Waals surface area contributed by atoms with Crippen LogP contribution in [0.2, 0.25) is 0 Å². The van der Waals surface area contributed by atoms with Crippen LogP contribution in [0.4, 0.5) is 23.7 Å². The van der Waals surface area contributed by atoms with E-state index >= 15 is 0 Å². The van der Waals surface area contributed by atoms with Gasteiger partial charge in [0, 0.05) is 17.8 Å².